The van der Waals surface area contributed by atoms with E-state index in [-0.39, 0.29) is 23.0 Å². The number of anilines is 2. The molecular weight excluding hydrogens is 514 g/mol. The minimum absolute atomic E-state index is 0.0166. The summed E-state index contributed by atoms with van der Waals surface area (Å²) in [5.74, 6) is -0.574. The minimum atomic E-state index is -0.528. The van der Waals surface area contributed by atoms with Gasteiger partial charge in [0, 0.05) is 6.07 Å². The smallest absolute Gasteiger partial charge is 0.276 e. The van der Waals surface area contributed by atoms with Gasteiger partial charge in [-0.05, 0) is 66.3 Å². The summed E-state index contributed by atoms with van der Waals surface area (Å²) in [6.45, 7) is 0.0179. The predicted molar refractivity (Wildman–Crippen MR) is 152 cm³/mol. The number of ether oxygens (including phenoxy) is 1. The van der Waals surface area contributed by atoms with E-state index in [1.807, 2.05) is 12.1 Å². The molecule has 4 aromatic carbocycles. The molecule has 0 spiro atoms. The molecule has 0 saturated carbocycles. The Morgan fingerprint density at radius 1 is 0.744 bits per heavy atom. The molecule has 2 amide bonds. The molecule has 1 fully saturated rings. The van der Waals surface area contributed by atoms with Crippen molar-refractivity contribution in [2.24, 2.45) is 0 Å². The van der Waals surface area contributed by atoms with Crippen LogP contribution >= 0.6 is 12.2 Å². The third-order valence-electron chi connectivity index (χ3n) is 6.05. The van der Waals surface area contributed by atoms with Gasteiger partial charge >= 0.3 is 0 Å². The first-order valence-corrected chi connectivity index (χ1v) is 12.3. The highest BCUT2D eigenvalue weighted by molar-refractivity contribution is 7.81. The molecule has 1 saturated heterocycles. The van der Waals surface area contributed by atoms with Gasteiger partial charge in [-0.3, -0.25) is 29.5 Å². The van der Waals surface area contributed by atoms with Gasteiger partial charge in [-0.15, -0.1) is 0 Å². The third kappa shape index (κ3) is 5.29. The fraction of sp³-hybridized carbons (Fsp3) is 0.0333. The Bertz CT molecular complexity index is 1520. The lowest BCUT2D eigenvalue weighted by atomic mass is 10.0. The average Bonchev–Trinajstić information content (AvgIpc) is 2.96. The van der Waals surface area contributed by atoms with Crippen LogP contribution in [0.3, 0.4) is 0 Å². The first kappa shape index (κ1) is 25.5. The van der Waals surface area contributed by atoms with E-state index in [1.165, 1.54) is 21.9 Å². The Morgan fingerprint density at radius 3 is 1.79 bits per heavy atom. The molecule has 0 atom stereocenters. The normalized spacial score (nSPS) is 13.4. The molecule has 0 radical (unpaired) electrons. The summed E-state index contributed by atoms with van der Waals surface area (Å²) in [6.07, 6.45) is 1.52. The molecule has 1 aliphatic rings. The summed E-state index contributed by atoms with van der Waals surface area (Å²) < 4.78 is 5.74. The molecule has 4 aromatic rings. The van der Waals surface area contributed by atoms with E-state index in [2.05, 4.69) is 0 Å². The van der Waals surface area contributed by atoms with Crippen LogP contribution < -0.4 is 14.5 Å². The van der Waals surface area contributed by atoms with Gasteiger partial charge in [0.2, 0.25) is 0 Å². The number of thiocarbonyl (C=S) groups is 1. The minimum Gasteiger partial charge on any atom is -0.489 e. The molecule has 0 N–H and O–H groups in total. The summed E-state index contributed by atoms with van der Waals surface area (Å²) in [5, 5.41) is 11.3. The summed E-state index contributed by atoms with van der Waals surface area (Å²) in [7, 11) is 0. The first-order valence-electron chi connectivity index (χ1n) is 11.9. The summed E-state index contributed by atoms with van der Waals surface area (Å²) in [5.41, 5.74) is 2.07. The largest absolute Gasteiger partial charge is 0.489 e. The number of hydrogen-bond acceptors (Lipinski definition) is 6. The van der Waals surface area contributed by atoms with Crippen LogP contribution in [0.15, 0.2) is 115 Å². The molecule has 1 heterocycles. The Kier molecular flexibility index (Phi) is 7.24. The number of para-hydroxylation sites is 3. The van der Waals surface area contributed by atoms with Crippen molar-refractivity contribution in [3.8, 4) is 5.75 Å². The van der Waals surface area contributed by atoms with Gasteiger partial charge in [-0.2, -0.15) is 0 Å². The number of carbonyl (C=O) groups excluding carboxylic acids is 2. The predicted octanol–water partition coefficient (Wildman–Crippen LogP) is 5.92. The zero-order valence-electron chi connectivity index (χ0n) is 20.5. The second-order valence-corrected chi connectivity index (χ2v) is 8.90. The van der Waals surface area contributed by atoms with E-state index in [0.717, 1.165) is 0 Å². The van der Waals surface area contributed by atoms with Gasteiger partial charge in [-0.25, -0.2) is 0 Å². The van der Waals surface area contributed by atoms with E-state index < -0.39 is 16.7 Å². The average molecular weight is 536 g/mol. The van der Waals surface area contributed by atoms with Crippen molar-refractivity contribution in [2.75, 3.05) is 9.80 Å². The Balaban J connectivity index is 1.44. The molecule has 5 rings (SSSR count). The molecule has 0 aromatic heterocycles. The molecule has 0 aliphatic carbocycles. The van der Waals surface area contributed by atoms with Crippen molar-refractivity contribution in [3.05, 3.63) is 136 Å². The monoisotopic (exact) mass is 535 g/mol. The number of carbonyl (C=O) groups is 2. The standard InChI is InChI=1S/C30H21N3O5S/c34-28-26(19-21-15-17-25(18-16-21)38-20-22-9-7-8-14-27(22)33(36)37)29(35)32(24-12-5-2-6-13-24)30(39)31(28)23-10-3-1-4-11-23/h1-19H,20H2. The number of amides is 2. The van der Waals surface area contributed by atoms with Gasteiger partial charge < -0.3 is 4.74 Å². The van der Waals surface area contributed by atoms with Gasteiger partial charge in [0.15, 0.2) is 5.11 Å². The highest BCUT2D eigenvalue weighted by Crippen LogP contribution is 2.30. The number of rotatable bonds is 7. The highest BCUT2D eigenvalue weighted by atomic mass is 32.1. The summed E-state index contributed by atoms with van der Waals surface area (Å²) in [4.78, 5) is 40.7. The maximum absolute atomic E-state index is 13.6. The first-order chi connectivity index (χ1) is 18.9. The van der Waals surface area contributed by atoms with Crippen LogP contribution in [-0.4, -0.2) is 21.9 Å². The van der Waals surface area contributed by atoms with Crippen molar-refractivity contribution in [1.82, 2.24) is 0 Å². The van der Waals surface area contributed by atoms with Crippen LogP contribution in [-0.2, 0) is 16.2 Å². The second-order valence-electron chi connectivity index (χ2n) is 8.54. The van der Waals surface area contributed by atoms with Crippen molar-refractivity contribution in [1.29, 1.82) is 0 Å². The summed E-state index contributed by atoms with van der Waals surface area (Å²) >= 11 is 5.62. The topological polar surface area (TPSA) is 93.0 Å². The van der Waals surface area contributed by atoms with E-state index >= 15 is 0 Å². The molecule has 0 bridgehead atoms. The van der Waals surface area contributed by atoms with E-state index in [0.29, 0.717) is 28.3 Å². The van der Waals surface area contributed by atoms with Crippen LogP contribution in [0.2, 0.25) is 0 Å². The molecular formula is C30H21N3O5S. The Hall–Kier alpha value is -5.15. The van der Waals surface area contributed by atoms with Gasteiger partial charge in [0.05, 0.1) is 21.9 Å². The SMILES string of the molecule is O=C1C(=Cc2ccc(OCc3ccccc3[N+](=O)[O-])cc2)C(=O)N(c2ccccc2)C(=S)N1c1ccccc1. The molecule has 0 unspecified atom stereocenters. The molecule has 9 heteroatoms. The van der Waals surface area contributed by atoms with Crippen LogP contribution in [0.4, 0.5) is 17.1 Å². The number of nitro benzene ring substituents is 1. The zero-order valence-corrected chi connectivity index (χ0v) is 21.3. The quantitative estimate of drug-likeness (QED) is 0.0959. The molecule has 192 valence electrons. The van der Waals surface area contributed by atoms with Crippen LogP contribution in [0.1, 0.15) is 11.1 Å². The number of nitro groups is 1. The van der Waals surface area contributed by atoms with Gasteiger partial charge in [0.1, 0.15) is 17.9 Å². The van der Waals surface area contributed by atoms with Gasteiger partial charge in [0.25, 0.3) is 17.5 Å². The van der Waals surface area contributed by atoms with Crippen molar-refractivity contribution < 1.29 is 19.2 Å². The van der Waals surface area contributed by atoms with Crippen LogP contribution in [0, 0.1) is 10.1 Å². The number of benzene rings is 4. The number of hydrogen-bond donors (Lipinski definition) is 0. The van der Waals surface area contributed by atoms with Crippen molar-refractivity contribution in [2.45, 2.75) is 6.61 Å². The van der Waals surface area contributed by atoms with Crippen LogP contribution in [0.25, 0.3) is 6.08 Å². The lowest BCUT2D eigenvalue weighted by molar-refractivity contribution is -0.385. The second kappa shape index (κ2) is 11.1. The maximum Gasteiger partial charge on any atom is 0.276 e. The van der Waals surface area contributed by atoms with Gasteiger partial charge in [-0.1, -0.05) is 60.7 Å². The number of nitrogens with zero attached hydrogens (tertiary/aromatic N) is 3. The molecule has 39 heavy (non-hydrogen) atoms. The lowest BCUT2D eigenvalue weighted by Crippen LogP contribution is -2.56. The Morgan fingerprint density at radius 2 is 1.26 bits per heavy atom. The molecule has 1 aliphatic heterocycles. The fourth-order valence-corrected chi connectivity index (χ4v) is 4.51. The van der Waals surface area contributed by atoms with E-state index in [1.54, 1.807) is 91.0 Å². The summed E-state index contributed by atoms with van der Waals surface area (Å²) in [6, 6.07) is 31.0. The van der Waals surface area contributed by atoms with Crippen molar-refractivity contribution in [3.63, 3.8) is 0 Å². The Labute approximate surface area is 229 Å². The van der Waals surface area contributed by atoms with Crippen molar-refractivity contribution >= 4 is 52.3 Å². The highest BCUT2D eigenvalue weighted by Gasteiger charge is 2.41. The maximum atomic E-state index is 13.6. The van der Waals surface area contributed by atoms with Crippen LogP contribution in [0.5, 0.6) is 5.75 Å². The lowest BCUT2D eigenvalue weighted by Gasteiger charge is -2.36. The zero-order chi connectivity index (χ0) is 27.4. The van der Waals surface area contributed by atoms with E-state index in [4.69, 9.17) is 17.0 Å². The fourth-order valence-electron chi connectivity index (χ4n) is 4.14. The third-order valence-corrected chi connectivity index (χ3v) is 6.42. The van der Waals surface area contributed by atoms with E-state index in [9.17, 15) is 19.7 Å². The molecule has 8 nitrogen and oxygen atoms in total.